The van der Waals surface area contributed by atoms with Gasteiger partial charge in [0, 0.05) is 22.9 Å². The van der Waals surface area contributed by atoms with Gasteiger partial charge in [-0.15, -0.1) is 16.4 Å². The molecular formula is C25H25ClFN3O3S. The van der Waals surface area contributed by atoms with Crippen LogP contribution in [0.1, 0.15) is 48.3 Å². The highest BCUT2D eigenvalue weighted by Crippen LogP contribution is 2.47. The summed E-state index contributed by atoms with van der Waals surface area (Å²) in [6, 6.07) is 14.5. The van der Waals surface area contributed by atoms with E-state index >= 15 is 4.39 Å². The van der Waals surface area contributed by atoms with E-state index in [0.29, 0.717) is 32.4 Å². The van der Waals surface area contributed by atoms with Crippen LogP contribution in [0.15, 0.2) is 48.5 Å². The molecule has 0 saturated heterocycles. The monoisotopic (exact) mass is 501 g/mol. The Morgan fingerprint density at radius 2 is 2.00 bits per heavy atom. The van der Waals surface area contributed by atoms with Crippen molar-refractivity contribution in [3.8, 4) is 0 Å². The summed E-state index contributed by atoms with van der Waals surface area (Å²) in [5.41, 5.74) is 1.23. The van der Waals surface area contributed by atoms with Crippen molar-refractivity contribution in [2.45, 2.75) is 46.4 Å². The molecule has 9 heteroatoms. The first-order valence-corrected chi connectivity index (χ1v) is 12.1. The number of thiophene rings is 1. The summed E-state index contributed by atoms with van der Waals surface area (Å²) >= 11 is 7.54. The Hall–Kier alpha value is -2.81. The lowest BCUT2D eigenvalue weighted by Gasteiger charge is -2.32. The maximum absolute atomic E-state index is 15.8. The molecule has 2 heterocycles. The second-order valence-electron chi connectivity index (χ2n) is 8.56. The largest absolute Gasteiger partial charge is 0.460 e. The number of carbonyl (C=O) groups is 1. The van der Waals surface area contributed by atoms with Gasteiger partial charge in [0.15, 0.2) is 5.82 Å². The van der Waals surface area contributed by atoms with Crippen LogP contribution in [0, 0.1) is 11.2 Å². The SMILES string of the molecule is CCn1nnc2c(F)c([C@@H](c3cc(CO)c(Cl)s3)C(C)(C)C(=O)OCc3ccccc3)ccc21. The molecule has 0 aliphatic carbocycles. The van der Waals surface area contributed by atoms with E-state index in [-0.39, 0.29) is 18.7 Å². The minimum atomic E-state index is -1.16. The molecule has 4 aromatic rings. The topological polar surface area (TPSA) is 77.2 Å². The fourth-order valence-electron chi connectivity index (χ4n) is 4.08. The summed E-state index contributed by atoms with van der Waals surface area (Å²) in [6.45, 7) is 5.76. The molecule has 34 heavy (non-hydrogen) atoms. The van der Waals surface area contributed by atoms with Crippen LogP contribution < -0.4 is 0 Å². The van der Waals surface area contributed by atoms with Crippen LogP contribution in [0.4, 0.5) is 4.39 Å². The summed E-state index contributed by atoms with van der Waals surface area (Å²) < 4.78 is 23.5. The zero-order valence-electron chi connectivity index (χ0n) is 19.1. The molecule has 0 fully saturated rings. The Morgan fingerprint density at radius 3 is 2.65 bits per heavy atom. The van der Waals surface area contributed by atoms with Gasteiger partial charge in [0.1, 0.15) is 12.1 Å². The molecule has 4 rings (SSSR count). The molecule has 0 bridgehead atoms. The molecule has 0 unspecified atom stereocenters. The predicted molar refractivity (Wildman–Crippen MR) is 130 cm³/mol. The number of aliphatic hydroxyl groups excluding tert-OH is 1. The smallest absolute Gasteiger partial charge is 0.312 e. The molecule has 1 N–H and O–H groups in total. The van der Waals surface area contributed by atoms with Crippen molar-refractivity contribution in [1.29, 1.82) is 0 Å². The summed E-state index contributed by atoms with van der Waals surface area (Å²) in [5.74, 6) is -1.75. The Bertz CT molecular complexity index is 1320. The van der Waals surface area contributed by atoms with E-state index in [1.165, 1.54) is 11.3 Å². The number of ether oxygens (including phenoxy) is 1. The van der Waals surface area contributed by atoms with Gasteiger partial charge < -0.3 is 9.84 Å². The molecule has 1 atom stereocenters. The van der Waals surface area contributed by atoms with Crippen molar-refractivity contribution in [3.63, 3.8) is 0 Å². The molecule has 0 amide bonds. The quantitative estimate of drug-likeness (QED) is 0.313. The Balaban J connectivity index is 1.78. The normalized spacial score (nSPS) is 12.8. The maximum Gasteiger partial charge on any atom is 0.312 e. The van der Waals surface area contributed by atoms with Crippen molar-refractivity contribution in [1.82, 2.24) is 15.0 Å². The third kappa shape index (κ3) is 4.45. The predicted octanol–water partition coefficient (Wildman–Crippen LogP) is 5.70. The van der Waals surface area contributed by atoms with Crippen LogP contribution in [0.25, 0.3) is 11.0 Å². The number of carbonyl (C=O) groups excluding carboxylic acids is 1. The molecule has 0 saturated carbocycles. The van der Waals surface area contributed by atoms with Crippen molar-refractivity contribution in [2.24, 2.45) is 5.41 Å². The number of aliphatic hydroxyl groups is 1. The minimum Gasteiger partial charge on any atom is -0.460 e. The van der Waals surface area contributed by atoms with E-state index in [1.54, 1.807) is 36.7 Å². The molecule has 2 aromatic heterocycles. The number of benzene rings is 2. The number of hydrogen-bond donors (Lipinski definition) is 1. The highest BCUT2D eigenvalue weighted by Gasteiger charge is 2.43. The lowest BCUT2D eigenvalue weighted by Crippen LogP contribution is -2.34. The van der Waals surface area contributed by atoms with Crippen LogP contribution >= 0.6 is 22.9 Å². The summed E-state index contributed by atoms with van der Waals surface area (Å²) in [6.07, 6.45) is 0. The molecule has 0 radical (unpaired) electrons. The molecule has 0 aliphatic heterocycles. The number of nitrogens with zero attached hydrogens (tertiary/aromatic N) is 3. The zero-order valence-corrected chi connectivity index (χ0v) is 20.7. The number of hydrogen-bond acceptors (Lipinski definition) is 6. The molecule has 178 valence electrons. The zero-order chi connectivity index (χ0) is 24.5. The van der Waals surface area contributed by atoms with E-state index in [1.807, 2.05) is 37.3 Å². The molecular weight excluding hydrogens is 477 g/mol. The van der Waals surface area contributed by atoms with Gasteiger partial charge in [-0.1, -0.05) is 53.2 Å². The van der Waals surface area contributed by atoms with E-state index in [4.69, 9.17) is 16.3 Å². The van der Waals surface area contributed by atoms with Crippen LogP contribution in [-0.4, -0.2) is 26.1 Å². The second-order valence-corrected chi connectivity index (χ2v) is 10.2. The average Bonchev–Trinajstić information content (AvgIpc) is 3.42. The van der Waals surface area contributed by atoms with Gasteiger partial charge in [-0.2, -0.15) is 0 Å². The van der Waals surface area contributed by atoms with Crippen molar-refractivity contribution in [3.05, 3.63) is 80.3 Å². The average molecular weight is 502 g/mol. The fourth-order valence-corrected chi connectivity index (χ4v) is 5.66. The van der Waals surface area contributed by atoms with Crippen molar-refractivity contribution in [2.75, 3.05) is 0 Å². The summed E-state index contributed by atoms with van der Waals surface area (Å²) in [4.78, 5) is 14.0. The van der Waals surface area contributed by atoms with E-state index < -0.39 is 23.1 Å². The lowest BCUT2D eigenvalue weighted by atomic mass is 9.73. The minimum absolute atomic E-state index is 0.106. The Kier molecular flexibility index (Phi) is 7.02. The number of esters is 1. The van der Waals surface area contributed by atoms with Crippen LogP contribution in [0.5, 0.6) is 0 Å². The fraction of sp³-hybridized carbons (Fsp3) is 0.320. The Morgan fingerprint density at radius 1 is 1.26 bits per heavy atom. The highest BCUT2D eigenvalue weighted by atomic mass is 35.5. The van der Waals surface area contributed by atoms with E-state index in [2.05, 4.69) is 10.3 Å². The molecule has 0 aliphatic rings. The molecule has 6 nitrogen and oxygen atoms in total. The van der Waals surface area contributed by atoms with Crippen LogP contribution in [0.2, 0.25) is 4.34 Å². The molecule has 2 aromatic carbocycles. The van der Waals surface area contributed by atoms with Gasteiger partial charge >= 0.3 is 5.97 Å². The Labute approximate surface area is 205 Å². The first-order valence-electron chi connectivity index (χ1n) is 10.9. The van der Waals surface area contributed by atoms with Gasteiger partial charge in [0.05, 0.1) is 21.9 Å². The standard InChI is InChI=1S/C25H25ClFN3O3S/c1-4-30-18-11-10-17(21(27)22(18)28-29-30)20(19-12-16(13-31)23(26)34-19)25(2,3)24(32)33-14-15-8-6-5-7-9-15/h5-12,20,31H,4,13-14H2,1-3H3/t20-/m0/s1. The molecule has 0 spiro atoms. The van der Waals surface area contributed by atoms with Crippen LogP contribution in [-0.2, 0) is 29.3 Å². The summed E-state index contributed by atoms with van der Waals surface area (Å²) in [5, 5.41) is 17.7. The first kappa shape index (κ1) is 24.3. The third-order valence-electron chi connectivity index (χ3n) is 5.96. The van der Waals surface area contributed by atoms with Crippen molar-refractivity contribution >= 4 is 39.9 Å². The number of rotatable bonds is 8. The highest BCUT2D eigenvalue weighted by molar-refractivity contribution is 7.16. The maximum atomic E-state index is 15.8. The summed E-state index contributed by atoms with van der Waals surface area (Å²) in [7, 11) is 0. The van der Waals surface area contributed by atoms with E-state index in [9.17, 15) is 9.90 Å². The number of fused-ring (bicyclic) bond motifs is 1. The van der Waals surface area contributed by atoms with Crippen LogP contribution in [0.3, 0.4) is 0 Å². The third-order valence-corrected chi connectivity index (χ3v) is 7.46. The van der Waals surface area contributed by atoms with Crippen molar-refractivity contribution < 1.29 is 19.0 Å². The second kappa shape index (κ2) is 9.82. The van der Waals surface area contributed by atoms with Gasteiger partial charge in [0.25, 0.3) is 0 Å². The first-order chi connectivity index (χ1) is 16.3. The van der Waals surface area contributed by atoms with Gasteiger partial charge in [-0.3, -0.25) is 4.79 Å². The number of aromatic nitrogens is 3. The number of aryl methyl sites for hydroxylation is 1. The van der Waals surface area contributed by atoms with E-state index in [0.717, 1.165) is 5.56 Å². The van der Waals surface area contributed by atoms with Gasteiger partial charge in [0.2, 0.25) is 0 Å². The van der Waals surface area contributed by atoms with Gasteiger partial charge in [-0.05, 0) is 44.0 Å². The lowest BCUT2D eigenvalue weighted by molar-refractivity contribution is -0.156. The number of halogens is 2. The van der Waals surface area contributed by atoms with Gasteiger partial charge in [-0.25, -0.2) is 9.07 Å².